The van der Waals surface area contributed by atoms with Gasteiger partial charge in [0, 0.05) is 4.90 Å². The summed E-state index contributed by atoms with van der Waals surface area (Å²) in [5.74, 6) is 0.813. The van der Waals surface area contributed by atoms with Gasteiger partial charge in [-0.15, -0.1) is 24.2 Å². The van der Waals surface area contributed by atoms with E-state index in [1.807, 2.05) is 42.5 Å². The summed E-state index contributed by atoms with van der Waals surface area (Å²) in [5, 5.41) is 6.71. The van der Waals surface area contributed by atoms with Crippen molar-refractivity contribution in [3.63, 3.8) is 0 Å². The number of aromatic nitrogens is 2. The molecule has 7 nitrogen and oxygen atoms in total. The van der Waals surface area contributed by atoms with E-state index in [2.05, 4.69) is 15.5 Å². The number of hydrogen-bond donors (Lipinski definition) is 2. The zero-order chi connectivity index (χ0) is 15.9. The van der Waals surface area contributed by atoms with Crippen LogP contribution in [0.25, 0.3) is 0 Å². The normalized spacial score (nSPS) is 10.4. The first-order valence-electron chi connectivity index (χ1n) is 6.75. The molecule has 23 heavy (non-hydrogen) atoms. The molecule has 0 fully saturated rings. The Morgan fingerprint density at radius 2 is 2.17 bits per heavy atom. The molecule has 0 saturated heterocycles. The van der Waals surface area contributed by atoms with Gasteiger partial charge in [-0.3, -0.25) is 9.69 Å². The van der Waals surface area contributed by atoms with Crippen LogP contribution in [0.5, 0.6) is 0 Å². The van der Waals surface area contributed by atoms with Crippen LogP contribution in [-0.2, 0) is 17.9 Å². The van der Waals surface area contributed by atoms with Crippen molar-refractivity contribution in [1.29, 1.82) is 0 Å². The number of benzene rings is 1. The third kappa shape index (κ3) is 5.83. The lowest BCUT2D eigenvalue weighted by Gasteiger charge is -2.15. The van der Waals surface area contributed by atoms with Gasteiger partial charge in [0.2, 0.25) is 11.8 Å². The average molecular weight is 358 g/mol. The number of nitrogens with zero attached hydrogens (tertiary/aromatic N) is 3. The summed E-state index contributed by atoms with van der Waals surface area (Å²) in [7, 11) is 1.82. The van der Waals surface area contributed by atoms with Gasteiger partial charge in [0.1, 0.15) is 0 Å². The number of amides is 1. The monoisotopic (exact) mass is 357 g/mol. The fourth-order valence-corrected chi connectivity index (χ4v) is 2.47. The first-order valence-corrected chi connectivity index (χ1v) is 7.97. The molecule has 0 spiro atoms. The maximum atomic E-state index is 12.1. The number of nitrogens with two attached hydrogens (primary N) is 1. The van der Waals surface area contributed by atoms with Crippen molar-refractivity contribution < 1.29 is 9.32 Å². The van der Waals surface area contributed by atoms with E-state index in [-0.39, 0.29) is 31.4 Å². The summed E-state index contributed by atoms with van der Waals surface area (Å²) in [4.78, 5) is 19.0. The number of para-hydroxylation sites is 1. The Labute approximate surface area is 145 Å². The quantitative estimate of drug-likeness (QED) is 0.728. The van der Waals surface area contributed by atoms with Crippen molar-refractivity contribution >= 4 is 35.8 Å². The molecule has 1 heterocycles. The molecular weight excluding hydrogens is 338 g/mol. The van der Waals surface area contributed by atoms with Crippen molar-refractivity contribution in [2.45, 2.75) is 18.0 Å². The molecule has 0 saturated carbocycles. The Bertz CT molecular complexity index is 637. The van der Waals surface area contributed by atoms with Gasteiger partial charge < -0.3 is 15.6 Å². The van der Waals surface area contributed by atoms with Crippen molar-refractivity contribution in [1.82, 2.24) is 15.0 Å². The Kier molecular flexibility index (Phi) is 8.04. The second-order valence-corrected chi connectivity index (χ2v) is 5.58. The number of nitrogens with one attached hydrogen (secondary N) is 1. The molecule has 0 radical (unpaired) electrons. The van der Waals surface area contributed by atoms with Crippen molar-refractivity contribution in [3.8, 4) is 0 Å². The van der Waals surface area contributed by atoms with Crippen LogP contribution in [-0.4, -0.2) is 40.8 Å². The van der Waals surface area contributed by atoms with Crippen LogP contribution in [0.1, 0.15) is 11.7 Å². The summed E-state index contributed by atoms with van der Waals surface area (Å²) in [6.45, 7) is 0.860. The smallest absolute Gasteiger partial charge is 0.240 e. The maximum Gasteiger partial charge on any atom is 0.240 e. The SMILES string of the molecule is CSc1ccccc1NC(=O)CN(C)Cc1noc(CN)n1.Cl. The van der Waals surface area contributed by atoms with E-state index in [4.69, 9.17) is 10.3 Å². The van der Waals surface area contributed by atoms with E-state index in [1.54, 1.807) is 11.8 Å². The largest absolute Gasteiger partial charge is 0.338 e. The molecule has 1 aromatic carbocycles. The highest BCUT2D eigenvalue weighted by Gasteiger charge is 2.12. The predicted molar refractivity (Wildman–Crippen MR) is 92.6 cm³/mol. The Hall–Kier alpha value is -1.61. The lowest BCUT2D eigenvalue weighted by Crippen LogP contribution is -2.30. The summed E-state index contributed by atoms with van der Waals surface area (Å²) >= 11 is 1.59. The molecule has 0 atom stereocenters. The van der Waals surface area contributed by atoms with Gasteiger partial charge in [-0.1, -0.05) is 17.3 Å². The van der Waals surface area contributed by atoms with Gasteiger partial charge in [-0.05, 0) is 25.4 Å². The number of carbonyl (C=O) groups excluding carboxylic acids is 1. The van der Waals surface area contributed by atoms with Gasteiger partial charge in [0.25, 0.3) is 0 Å². The van der Waals surface area contributed by atoms with Crippen LogP contribution in [0.2, 0.25) is 0 Å². The summed E-state index contributed by atoms with van der Waals surface area (Å²) in [6, 6.07) is 7.69. The van der Waals surface area contributed by atoms with Crippen LogP contribution in [0, 0.1) is 0 Å². The van der Waals surface area contributed by atoms with Gasteiger partial charge >= 0.3 is 0 Å². The molecule has 0 bridgehead atoms. The topological polar surface area (TPSA) is 97.3 Å². The zero-order valence-electron chi connectivity index (χ0n) is 13.0. The number of hydrogen-bond acceptors (Lipinski definition) is 7. The molecule has 0 unspecified atom stereocenters. The molecule has 1 amide bonds. The molecular formula is C14H20ClN5O2S. The first-order chi connectivity index (χ1) is 10.6. The second kappa shape index (κ2) is 9.51. The van der Waals surface area contributed by atoms with E-state index in [0.717, 1.165) is 10.6 Å². The second-order valence-electron chi connectivity index (χ2n) is 4.73. The molecule has 9 heteroatoms. The highest BCUT2D eigenvalue weighted by atomic mass is 35.5. The van der Waals surface area contributed by atoms with E-state index in [1.165, 1.54) is 0 Å². The molecule has 2 rings (SSSR count). The van der Waals surface area contributed by atoms with E-state index < -0.39 is 0 Å². The summed E-state index contributed by atoms with van der Waals surface area (Å²) < 4.78 is 4.93. The Morgan fingerprint density at radius 3 is 2.83 bits per heavy atom. The van der Waals surface area contributed by atoms with Crippen molar-refractivity contribution in [2.24, 2.45) is 5.73 Å². The number of anilines is 1. The minimum absolute atomic E-state index is 0. The predicted octanol–water partition coefficient (Wildman–Crippen LogP) is 1.74. The van der Waals surface area contributed by atoms with Crippen molar-refractivity contribution in [3.05, 3.63) is 36.0 Å². The highest BCUT2D eigenvalue weighted by Crippen LogP contribution is 2.24. The number of halogens is 1. The van der Waals surface area contributed by atoms with E-state index >= 15 is 0 Å². The lowest BCUT2D eigenvalue weighted by molar-refractivity contribution is -0.117. The third-order valence-corrected chi connectivity index (χ3v) is 3.69. The van der Waals surface area contributed by atoms with Gasteiger partial charge in [-0.25, -0.2) is 0 Å². The lowest BCUT2D eigenvalue weighted by atomic mass is 10.3. The van der Waals surface area contributed by atoms with Crippen LogP contribution < -0.4 is 11.1 Å². The molecule has 0 aliphatic carbocycles. The van der Waals surface area contributed by atoms with Crippen molar-refractivity contribution in [2.75, 3.05) is 25.2 Å². The molecule has 126 valence electrons. The minimum Gasteiger partial charge on any atom is -0.338 e. The standard InChI is InChI=1S/C14H19N5O2S.ClH/c1-19(8-12-17-14(7-15)21-18-12)9-13(20)16-10-5-3-4-6-11(10)22-2;/h3-6H,7-9,15H2,1-2H3,(H,16,20);1H. The van der Waals surface area contributed by atoms with Crippen LogP contribution in [0.3, 0.4) is 0 Å². The van der Waals surface area contributed by atoms with Crippen LogP contribution >= 0.6 is 24.2 Å². The minimum atomic E-state index is -0.0912. The van der Waals surface area contributed by atoms with Gasteiger partial charge in [0.15, 0.2) is 5.82 Å². The average Bonchev–Trinajstić information content (AvgIpc) is 2.95. The highest BCUT2D eigenvalue weighted by molar-refractivity contribution is 7.98. The molecule has 1 aromatic heterocycles. The zero-order valence-corrected chi connectivity index (χ0v) is 14.6. The number of rotatable bonds is 7. The van der Waals surface area contributed by atoms with Gasteiger partial charge in [0.05, 0.1) is 25.3 Å². The first kappa shape index (κ1) is 19.4. The molecule has 0 aliphatic rings. The van der Waals surface area contributed by atoms with E-state index in [9.17, 15) is 4.79 Å². The Morgan fingerprint density at radius 1 is 1.43 bits per heavy atom. The van der Waals surface area contributed by atoms with E-state index in [0.29, 0.717) is 18.3 Å². The van der Waals surface area contributed by atoms with Gasteiger partial charge in [-0.2, -0.15) is 4.98 Å². The summed E-state index contributed by atoms with van der Waals surface area (Å²) in [5.41, 5.74) is 6.23. The molecule has 2 aromatic rings. The fourth-order valence-electron chi connectivity index (χ4n) is 1.92. The number of thioether (sulfide) groups is 1. The number of carbonyl (C=O) groups is 1. The summed E-state index contributed by atoms with van der Waals surface area (Å²) in [6.07, 6.45) is 1.97. The van der Waals surface area contributed by atoms with Crippen LogP contribution in [0.4, 0.5) is 5.69 Å². The Balaban J connectivity index is 0.00000264. The fraction of sp³-hybridized carbons (Fsp3) is 0.357. The number of likely N-dealkylation sites (N-methyl/N-ethyl adjacent to an activating group) is 1. The molecule has 3 N–H and O–H groups in total. The maximum absolute atomic E-state index is 12.1. The van der Waals surface area contributed by atoms with Crippen LogP contribution in [0.15, 0.2) is 33.7 Å². The third-order valence-electron chi connectivity index (χ3n) is 2.89. The molecule has 0 aliphatic heterocycles.